The van der Waals surface area contributed by atoms with E-state index in [9.17, 15) is 4.79 Å². The number of amidine groups is 1. The van der Waals surface area contributed by atoms with Gasteiger partial charge in [0.25, 0.3) is 0 Å². The Morgan fingerprint density at radius 2 is 1.78 bits per heavy atom. The molecule has 126 valence electrons. The molecular formula is C18H28N4O. The third-order valence-corrected chi connectivity index (χ3v) is 4.37. The third-order valence-electron chi connectivity index (χ3n) is 4.37. The molecule has 0 radical (unpaired) electrons. The smallest absolute Gasteiger partial charge is 0.209 e. The lowest BCUT2D eigenvalue weighted by molar-refractivity contribution is -0.119. The van der Waals surface area contributed by atoms with Crippen molar-refractivity contribution in [2.45, 2.75) is 13.8 Å². The first-order valence-electron chi connectivity index (χ1n) is 8.55. The van der Waals surface area contributed by atoms with E-state index in [2.05, 4.69) is 47.9 Å². The molecule has 1 aliphatic rings. The molecule has 1 aliphatic heterocycles. The van der Waals surface area contributed by atoms with Crippen molar-refractivity contribution in [2.75, 3.05) is 52.4 Å². The topological polar surface area (TPSA) is 39.1 Å². The number of piperazine rings is 1. The number of aliphatic imine (C=N–C) groups is 1. The molecule has 0 N–H and O–H groups in total. The van der Waals surface area contributed by atoms with E-state index in [1.165, 1.54) is 0 Å². The summed E-state index contributed by atoms with van der Waals surface area (Å²) >= 11 is 0. The van der Waals surface area contributed by atoms with Gasteiger partial charge < -0.3 is 14.7 Å². The molecular weight excluding hydrogens is 288 g/mol. The average molecular weight is 316 g/mol. The maximum Gasteiger partial charge on any atom is 0.209 e. The van der Waals surface area contributed by atoms with Crippen LogP contribution < -0.4 is 0 Å². The Balaban J connectivity index is 2.08. The molecule has 1 amide bonds. The molecule has 0 atom stereocenters. The van der Waals surface area contributed by atoms with E-state index < -0.39 is 0 Å². The summed E-state index contributed by atoms with van der Waals surface area (Å²) in [5.41, 5.74) is 1.16. The van der Waals surface area contributed by atoms with Crippen molar-refractivity contribution in [3.05, 3.63) is 35.9 Å². The van der Waals surface area contributed by atoms with E-state index in [1.54, 1.807) is 0 Å². The molecule has 0 bridgehead atoms. The lowest BCUT2D eigenvalue weighted by Gasteiger charge is -2.35. The van der Waals surface area contributed by atoms with Crippen LogP contribution in [-0.2, 0) is 4.79 Å². The van der Waals surface area contributed by atoms with Crippen molar-refractivity contribution < 1.29 is 4.79 Å². The molecule has 1 fully saturated rings. The minimum atomic E-state index is 0.769. The molecule has 1 aromatic rings. The summed E-state index contributed by atoms with van der Waals surface area (Å²) in [4.78, 5) is 22.3. The van der Waals surface area contributed by atoms with Crippen LogP contribution >= 0.6 is 0 Å². The lowest BCUT2D eigenvalue weighted by atomic mass is 10.1. The third kappa shape index (κ3) is 5.06. The predicted octanol–water partition coefficient (Wildman–Crippen LogP) is 1.55. The van der Waals surface area contributed by atoms with Crippen LogP contribution in [0.4, 0.5) is 0 Å². The number of nitrogens with zero attached hydrogens (tertiary/aromatic N) is 4. The summed E-state index contributed by atoms with van der Waals surface area (Å²) in [6.07, 6.45) is 0.942. The number of benzene rings is 1. The fourth-order valence-electron chi connectivity index (χ4n) is 2.84. The highest BCUT2D eigenvalue weighted by molar-refractivity contribution is 5.98. The number of rotatable bonds is 7. The van der Waals surface area contributed by atoms with Gasteiger partial charge in [-0.3, -0.25) is 9.79 Å². The monoisotopic (exact) mass is 316 g/mol. The quantitative estimate of drug-likeness (QED) is 0.435. The Kier molecular flexibility index (Phi) is 7.07. The van der Waals surface area contributed by atoms with E-state index in [0.717, 1.165) is 70.2 Å². The maximum absolute atomic E-state index is 10.9. The predicted molar refractivity (Wildman–Crippen MR) is 94.8 cm³/mol. The van der Waals surface area contributed by atoms with Crippen LogP contribution in [0.2, 0.25) is 0 Å². The van der Waals surface area contributed by atoms with Crippen molar-refractivity contribution in [3.63, 3.8) is 0 Å². The highest BCUT2D eigenvalue weighted by Crippen LogP contribution is 2.09. The van der Waals surface area contributed by atoms with Crippen molar-refractivity contribution in [2.24, 2.45) is 4.99 Å². The molecule has 2 rings (SSSR count). The number of likely N-dealkylation sites (N-methyl/N-ethyl adjacent to an activating group) is 1. The van der Waals surface area contributed by atoms with Crippen molar-refractivity contribution in [1.29, 1.82) is 0 Å². The number of carbonyl (C=O) groups excluding carboxylic acids is 1. The van der Waals surface area contributed by atoms with E-state index in [0.29, 0.717) is 0 Å². The zero-order valence-corrected chi connectivity index (χ0v) is 14.3. The summed E-state index contributed by atoms with van der Waals surface area (Å²) in [6.45, 7) is 11.5. The van der Waals surface area contributed by atoms with Gasteiger partial charge in [0.2, 0.25) is 6.41 Å². The van der Waals surface area contributed by atoms with Gasteiger partial charge in [0, 0.05) is 38.3 Å². The molecule has 0 spiro atoms. The minimum Gasteiger partial charge on any atom is -0.353 e. The SMILES string of the molecule is CCN(CC)CCN=C(c1ccccc1)N1CCN(C=O)CC1. The highest BCUT2D eigenvalue weighted by Gasteiger charge is 2.19. The standard InChI is InChI=1S/C18H28N4O/c1-3-20(4-2)11-10-19-18(17-8-6-5-7-9-17)22-14-12-21(16-23)13-15-22/h5-9,16H,3-4,10-15H2,1-2H3. The minimum absolute atomic E-state index is 0.769. The van der Waals surface area contributed by atoms with E-state index in [1.807, 2.05) is 11.0 Å². The van der Waals surface area contributed by atoms with Gasteiger partial charge in [0.05, 0.1) is 6.54 Å². The summed E-state index contributed by atoms with van der Waals surface area (Å²) in [5, 5.41) is 0. The Bertz CT molecular complexity index is 491. The number of amides is 1. The summed E-state index contributed by atoms with van der Waals surface area (Å²) in [7, 11) is 0. The van der Waals surface area contributed by atoms with Crippen LogP contribution in [0, 0.1) is 0 Å². The first kappa shape index (κ1) is 17.5. The zero-order chi connectivity index (χ0) is 16.5. The van der Waals surface area contributed by atoms with Crippen LogP contribution in [0.5, 0.6) is 0 Å². The fourth-order valence-corrected chi connectivity index (χ4v) is 2.84. The van der Waals surface area contributed by atoms with Crippen molar-refractivity contribution in [1.82, 2.24) is 14.7 Å². The fraction of sp³-hybridized carbons (Fsp3) is 0.556. The molecule has 5 heteroatoms. The highest BCUT2D eigenvalue weighted by atomic mass is 16.1. The normalized spacial score (nSPS) is 16.0. The van der Waals surface area contributed by atoms with Gasteiger partial charge in [-0.05, 0) is 13.1 Å². The Morgan fingerprint density at radius 3 is 2.35 bits per heavy atom. The first-order chi connectivity index (χ1) is 11.3. The molecule has 1 saturated heterocycles. The summed E-state index contributed by atoms with van der Waals surface area (Å²) in [5.74, 6) is 1.06. The first-order valence-corrected chi connectivity index (χ1v) is 8.55. The molecule has 0 aliphatic carbocycles. The Labute approximate surface area is 139 Å². The van der Waals surface area contributed by atoms with Gasteiger partial charge in [-0.2, -0.15) is 0 Å². The van der Waals surface area contributed by atoms with E-state index in [-0.39, 0.29) is 0 Å². The van der Waals surface area contributed by atoms with Gasteiger partial charge in [0.15, 0.2) is 0 Å². The maximum atomic E-state index is 10.9. The van der Waals surface area contributed by atoms with Crippen LogP contribution in [0.3, 0.4) is 0 Å². The second-order valence-corrected chi connectivity index (χ2v) is 5.73. The molecule has 5 nitrogen and oxygen atoms in total. The molecule has 1 aromatic carbocycles. The summed E-state index contributed by atoms with van der Waals surface area (Å²) < 4.78 is 0. The van der Waals surface area contributed by atoms with Crippen LogP contribution in [0.15, 0.2) is 35.3 Å². The van der Waals surface area contributed by atoms with Gasteiger partial charge in [-0.15, -0.1) is 0 Å². The zero-order valence-electron chi connectivity index (χ0n) is 14.3. The second-order valence-electron chi connectivity index (χ2n) is 5.73. The van der Waals surface area contributed by atoms with Gasteiger partial charge in [0.1, 0.15) is 5.84 Å². The van der Waals surface area contributed by atoms with Crippen LogP contribution in [0.25, 0.3) is 0 Å². The number of carbonyl (C=O) groups is 1. The van der Waals surface area contributed by atoms with E-state index in [4.69, 9.17) is 4.99 Å². The van der Waals surface area contributed by atoms with Crippen molar-refractivity contribution in [3.8, 4) is 0 Å². The van der Waals surface area contributed by atoms with E-state index >= 15 is 0 Å². The van der Waals surface area contributed by atoms with Gasteiger partial charge >= 0.3 is 0 Å². The molecule has 23 heavy (non-hydrogen) atoms. The van der Waals surface area contributed by atoms with Gasteiger partial charge in [-0.25, -0.2) is 0 Å². The molecule has 0 aromatic heterocycles. The Hall–Kier alpha value is -1.88. The number of hydrogen-bond donors (Lipinski definition) is 0. The van der Waals surface area contributed by atoms with Crippen LogP contribution in [-0.4, -0.2) is 79.3 Å². The summed E-state index contributed by atoms with van der Waals surface area (Å²) in [6, 6.07) is 10.4. The molecule has 1 heterocycles. The average Bonchev–Trinajstić information content (AvgIpc) is 2.63. The second kappa shape index (κ2) is 9.30. The van der Waals surface area contributed by atoms with Crippen LogP contribution in [0.1, 0.15) is 19.4 Å². The largest absolute Gasteiger partial charge is 0.353 e. The lowest BCUT2D eigenvalue weighted by Crippen LogP contribution is -2.48. The van der Waals surface area contributed by atoms with Gasteiger partial charge in [-0.1, -0.05) is 44.2 Å². The molecule has 0 unspecified atom stereocenters. The van der Waals surface area contributed by atoms with Crippen molar-refractivity contribution >= 4 is 12.2 Å². The Morgan fingerprint density at radius 1 is 1.13 bits per heavy atom. The number of hydrogen-bond acceptors (Lipinski definition) is 3. The molecule has 0 saturated carbocycles.